The number of amides is 1. The number of hydrogen-bond donors (Lipinski definition) is 2. The molecule has 1 aromatic carbocycles. The van der Waals surface area contributed by atoms with E-state index in [9.17, 15) is 13.2 Å². The van der Waals surface area contributed by atoms with Gasteiger partial charge in [0.05, 0.1) is 4.90 Å². The highest BCUT2D eigenvalue weighted by Gasteiger charge is 2.16. The van der Waals surface area contributed by atoms with Crippen LogP contribution in [-0.4, -0.2) is 43.9 Å². The summed E-state index contributed by atoms with van der Waals surface area (Å²) < 4.78 is 30.3. The summed E-state index contributed by atoms with van der Waals surface area (Å²) in [6, 6.07) is 10.7. The molecule has 0 aliphatic rings. The van der Waals surface area contributed by atoms with Gasteiger partial charge in [-0.2, -0.15) is 10.2 Å². The minimum atomic E-state index is -3.84. The molecule has 2 N–H and O–H groups in total. The van der Waals surface area contributed by atoms with E-state index in [4.69, 9.17) is 0 Å². The van der Waals surface area contributed by atoms with Gasteiger partial charge >= 0.3 is 0 Å². The lowest BCUT2D eigenvalue weighted by molar-refractivity contribution is 0.102. The molecule has 0 fully saturated rings. The van der Waals surface area contributed by atoms with Crippen molar-refractivity contribution >= 4 is 27.6 Å². The number of carbonyl (C=O) groups excluding carboxylic acids is 1. The Labute approximate surface area is 171 Å². The van der Waals surface area contributed by atoms with E-state index in [2.05, 4.69) is 30.2 Å². The smallest absolute Gasteiger partial charge is 0.276 e. The molecule has 3 aromatic heterocycles. The molecular weight excluding hydrogens is 408 g/mol. The number of carbonyl (C=O) groups is 1. The van der Waals surface area contributed by atoms with Gasteiger partial charge in [0.15, 0.2) is 5.69 Å². The summed E-state index contributed by atoms with van der Waals surface area (Å²) in [5.74, 6) is -0.443. The molecule has 11 nitrogen and oxygen atoms in total. The van der Waals surface area contributed by atoms with Gasteiger partial charge in [-0.3, -0.25) is 14.2 Å². The van der Waals surface area contributed by atoms with Crippen LogP contribution in [0.15, 0.2) is 78.3 Å². The maximum Gasteiger partial charge on any atom is 0.276 e. The quantitative estimate of drug-likeness (QED) is 0.458. The molecule has 0 aliphatic carbocycles. The first-order valence-electron chi connectivity index (χ1n) is 8.72. The molecule has 0 atom stereocenters. The minimum absolute atomic E-state index is 0.0106. The van der Waals surface area contributed by atoms with Gasteiger partial charge in [-0.15, -0.1) is 0 Å². The first-order valence-corrected chi connectivity index (χ1v) is 10.2. The summed E-state index contributed by atoms with van der Waals surface area (Å²) in [5, 5.41) is 11.0. The van der Waals surface area contributed by atoms with E-state index < -0.39 is 15.9 Å². The van der Waals surface area contributed by atoms with Crippen LogP contribution in [0, 0.1) is 0 Å². The summed E-state index contributed by atoms with van der Waals surface area (Å²) in [7, 11) is -3.84. The Morgan fingerprint density at radius 1 is 0.933 bits per heavy atom. The van der Waals surface area contributed by atoms with Crippen LogP contribution in [0.1, 0.15) is 10.5 Å². The van der Waals surface area contributed by atoms with Gasteiger partial charge in [-0.1, -0.05) is 0 Å². The number of anilines is 2. The zero-order valence-corrected chi connectivity index (χ0v) is 16.3. The number of nitrogens with zero attached hydrogens (tertiary/aromatic N) is 6. The van der Waals surface area contributed by atoms with Crippen molar-refractivity contribution in [3.8, 4) is 0 Å². The average molecular weight is 424 g/mol. The molecule has 4 rings (SSSR count). The van der Waals surface area contributed by atoms with Crippen molar-refractivity contribution in [3.63, 3.8) is 0 Å². The van der Waals surface area contributed by atoms with Crippen LogP contribution in [0.4, 0.5) is 11.6 Å². The van der Waals surface area contributed by atoms with Gasteiger partial charge < -0.3 is 5.32 Å². The minimum Gasteiger partial charge on any atom is -0.321 e. The van der Waals surface area contributed by atoms with Crippen molar-refractivity contribution < 1.29 is 13.2 Å². The Kier molecular flexibility index (Phi) is 5.22. The highest BCUT2D eigenvalue weighted by Crippen LogP contribution is 2.17. The lowest BCUT2D eigenvalue weighted by Gasteiger charge is -2.08. The molecule has 0 spiro atoms. The lowest BCUT2D eigenvalue weighted by Crippen LogP contribution is -2.16. The number of nitrogens with one attached hydrogen (secondary N) is 2. The number of aromatic nitrogens is 6. The second-order valence-electron chi connectivity index (χ2n) is 6.08. The first-order chi connectivity index (χ1) is 14.5. The lowest BCUT2D eigenvalue weighted by atomic mass is 10.3. The van der Waals surface area contributed by atoms with E-state index in [-0.39, 0.29) is 16.5 Å². The Morgan fingerprint density at radius 3 is 2.40 bits per heavy atom. The van der Waals surface area contributed by atoms with Crippen molar-refractivity contribution in [3.05, 3.63) is 79.1 Å². The van der Waals surface area contributed by atoms with Crippen LogP contribution in [0.25, 0.3) is 0 Å². The molecule has 30 heavy (non-hydrogen) atoms. The summed E-state index contributed by atoms with van der Waals surface area (Å²) in [6.07, 6.45) is 7.97. The van der Waals surface area contributed by atoms with Gasteiger partial charge in [-0.25, -0.2) is 23.1 Å². The maximum atomic E-state index is 12.4. The monoisotopic (exact) mass is 424 g/mol. The van der Waals surface area contributed by atoms with Crippen molar-refractivity contribution in [1.82, 2.24) is 29.5 Å². The topological polar surface area (TPSA) is 137 Å². The van der Waals surface area contributed by atoms with Crippen LogP contribution in [-0.2, 0) is 16.7 Å². The predicted molar refractivity (Wildman–Crippen MR) is 107 cm³/mol. The summed E-state index contributed by atoms with van der Waals surface area (Å²) >= 11 is 0. The number of rotatable bonds is 7. The molecular formula is C18H16N8O3S. The highest BCUT2D eigenvalue weighted by atomic mass is 32.2. The Hall–Kier alpha value is -4.06. The summed E-state index contributed by atoms with van der Waals surface area (Å²) in [4.78, 5) is 20.1. The number of benzene rings is 1. The van der Waals surface area contributed by atoms with Crippen molar-refractivity contribution in [2.45, 2.75) is 11.6 Å². The van der Waals surface area contributed by atoms with E-state index in [1.54, 1.807) is 46.2 Å². The third-order valence-electron chi connectivity index (χ3n) is 3.94. The van der Waals surface area contributed by atoms with E-state index in [1.165, 1.54) is 36.7 Å². The molecule has 3 heterocycles. The summed E-state index contributed by atoms with van der Waals surface area (Å²) in [6.45, 7) is 0.380. The van der Waals surface area contributed by atoms with E-state index >= 15 is 0 Å². The molecule has 0 saturated heterocycles. The van der Waals surface area contributed by atoms with Crippen LogP contribution < -0.4 is 10.0 Å². The largest absolute Gasteiger partial charge is 0.321 e. The second-order valence-corrected chi connectivity index (χ2v) is 7.77. The molecule has 0 unspecified atom stereocenters. The third-order valence-corrected chi connectivity index (χ3v) is 5.28. The van der Waals surface area contributed by atoms with Crippen molar-refractivity contribution in [2.75, 3.05) is 10.0 Å². The molecule has 0 radical (unpaired) electrons. The zero-order valence-electron chi connectivity index (χ0n) is 15.5. The molecule has 0 bridgehead atoms. The highest BCUT2D eigenvalue weighted by molar-refractivity contribution is 7.92. The summed E-state index contributed by atoms with van der Waals surface area (Å²) in [5.41, 5.74) is 0.651. The van der Waals surface area contributed by atoms with Crippen LogP contribution in [0.5, 0.6) is 0 Å². The van der Waals surface area contributed by atoms with Crippen molar-refractivity contribution in [2.24, 2.45) is 0 Å². The van der Waals surface area contributed by atoms with Gasteiger partial charge in [0.25, 0.3) is 15.9 Å². The molecule has 4 aromatic rings. The SMILES string of the molecule is O=C(Nc1ccc(S(=O)(=O)Nc2ncccn2)cc1)c1ccn(Cn2cccn2)n1. The van der Waals surface area contributed by atoms with Gasteiger partial charge in [-0.05, 0) is 42.5 Å². The maximum absolute atomic E-state index is 12.4. The molecule has 12 heteroatoms. The van der Waals surface area contributed by atoms with Gasteiger partial charge in [0.2, 0.25) is 5.95 Å². The first kappa shape index (κ1) is 19.3. The number of hydrogen-bond acceptors (Lipinski definition) is 7. The zero-order chi connectivity index (χ0) is 21.0. The van der Waals surface area contributed by atoms with Gasteiger partial charge in [0.1, 0.15) is 6.67 Å². The van der Waals surface area contributed by atoms with Gasteiger partial charge in [0, 0.05) is 36.7 Å². The normalized spacial score (nSPS) is 11.2. The molecule has 152 valence electrons. The number of sulfonamides is 1. The Bertz CT molecular complexity index is 1240. The molecule has 1 amide bonds. The fourth-order valence-corrected chi connectivity index (χ4v) is 3.50. The second kappa shape index (κ2) is 8.13. The average Bonchev–Trinajstić information content (AvgIpc) is 3.41. The van der Waals surface area contributed by atoms with Crippen LogP contribution in [0.2, 0.25) is 0 Å². The van der Waals surface area contributed by atoms with E-state index in [1.807, 2.05) is 0 Å². The van der Waals surface area contributed by atoms with E-state index in [0.29, 0.717) is 12.4 Å². The van der Waals surface area contributed by atoms with E-state index in [0.717, 1.165) is 0 Å². The Balaban J connectivity index is 1.41. The molecule has 0 aliphatic heterocycles. The third kappa shape index (κ3) is 4.50. The Morgan fingerprint density at radius 2 is 1.70 bits per heavy atom. The fourth-order valence-electron chi connectivity index (χ4n) is 2.54. The molecule has 0 saturated carbocycles. The fraction of sp³-hybridized carbons (Fsp3) is 0.0556. The van der Waals surface area contributed by atoms with Crippen LogP contribution in [0.3, 0.4) is 0 Å². The van der Waals surface area contributed by atoms with Crippen LogP contribution >= 0.6 is 0 Å². The predicted octanol–water partition coefficient (Wildman–Crippen LogP) is 1.43. The van der Waals surface area contributed by atoms with Crippen molar-refractivity contribution in [1.29, 1.82) is 0 Å². The standard InChI is InChI=1S/C18H16N8O3S/c27-17(16-7-12-26(23-16)13-25-11-2-10-21-25)22-14-3-5-15(6-4-14)30(28,29)24-18-19-8-1-9-20-18/h1-12H,13H2,(H,22,27)(H,19,20,24).